The lowest BCUT2D eigenvalue weighted by Crippen LogP contribution is -2.37. The number of aromatic nitrogens is 2. The monoisotopic (exact) mass is 377 g/mol. The molecule has 2 aromatic rings. The number of carbonyl (C=O) groups is 2. The molecule has 9 heteroatoms. The van der Waals surface area contributed by atoms with E-state index in [1.165, 1.54) is 23.9 Å². The van der Waals surface area contributed by atoms with Crippen molar-refractivity contribution in [2.75, 3.05) is 38.0 Å². The van der Waals surface area contributed by atoms with E-state index in [0.717, 1.165) is 30.8 Å². The fourth-order valence-electron chi connectivity index (χ4n) is 2.88. The molecule has 0 aliphatic carbocycles. The molecule has 1 fully saturated rings. The first-order valence-electron chi connectivity index (χ1n) is 8.81. The summed E-state index contributed by atoms with van der Waals surface area (Å²) in [7, 11) is 0. The van der Waals surface area contributed by atoms with Crippen LogP contribution in [0.4, 0.5) is 5.13 Å². The molecule has 0 radical (unpaired) electrons. The number of nitrogens with zero attached hydrogens (tertiary/aromatic N) is 4. The van der Waals surface area contributed by atoms with Gasteiger partial charge in [-0.15, -0.1) is 10.2 Å². The molecule has 1 saturated heterocycles. The summed E-state index contributed by atoms with van der Waals surface area (Å²) in [5, 5.41) is 12.4. The van der Waals surface area contributed by atoms with Gasteiger partial charge < -0.3 is 9.32 Å². The van der Waals surface area contributed by atoms with Gasteiger partial charge in [-0.3, -0.25) is 19.8 Å². The minimum absolute atomic E-state index is 0.0256. The SMILES string of the molecule is CCCc1nnc(NC(=O)CN2CCCN(C(=O)c3ccoc3)CC2)s1. The van der Waals surface area contributed by atoms with E-state index in [4.69, 9.17) is 4.42 Å². The molecule has 0 atom stereocenters. The Morgan fingerprint density at radius 2 is 2.15 bits per heavy atom. The molecule has 0 saturated carbocycles. The molecule has 1 aliphatic rings. The van der Waals surface area contributed by atoms with Crippen LogP contribution in [-0.4, -0.2) is 64.5 Å². The van der Waals surface area contributed by atoms with E-state index < -0.39 is 0 Å². The van der Waals surface area contributed by atoms with Gasteiger partial charge in [-0.1, -0.05) is 18.3 Å². The molecule has 140 valence electrons. The van der Waals surface area contributed by atoms with Gasteiger partial charge in [-0.2, -0.15) is 0 Å². The number of nitrogens with one attached hydrogen (secondary N) is 1. The van der Waals surface area contributed by atoms with Crippen LogP contribution in [0.15, 0.2) is 23.0 Å². The minimum atomic E-state index is -0.0983. The van der Waals surface area contributed by atoms with E-state index in [9.17, 15) is 9.59 Å². The molecule has 0 unspecified atom stereocenters. The highest BCUT2D eigenvalue weighted by atomic mass is 32.1. The van der Waals surface area contributed by atoms with Gasteiger partial charge in [0.05, 0.1) is 18.4 Å². The van der Waals surface area contributed by atoms with Crippen molar-refractivity contribution in [3.8, 4) is 0 Å². The van der Waals surface area contributed by atoms with Crippen molar-refractivity contribution in [2.24, 2.45) is 0 Å². The average molecular weight is 377 g/mol. The number of amides is 2. The van der Waals surface area contributed by atoms with Gasteiger partial charge in [0.25, 0.3) is 5.91 Å². The van der Waals surface area contributed by atoms with E-state index in [-0.39, 0.29) is 18.4 Å². The maximum atomic E-state index is 12.4. The first-order valence-corrected chi connectivity index (χ1v) is 9.63. The highest BCUT2D eigenvalue weighted by Gasteiger charge is 2.22. The fraction of sp³-hybridized carbons (Fsp3) is 0.529. The summed E-state index contributed by atoms with van der Waals surface area (Å²) in [5.74, 6) is -0.124. The first-order chi connectivity index (χ1) is 12.7. The molecule has 2 aromatic heterocycles. The third kappa shape index (κ3) is 4.89. The lowest BCUT2D eigenvalue weighted by Gasteiger charge is -2.21. The molecule has 0 aromatic carbocycles. The molecule has 3 heterocycles. The average Bonchev–Trinajstić information content (AvgIpc) is 3.24. The molecule has 2 amide bonds. The molecule has 26 heavy (non-hydrogen) atoms. The van der Waals surface area contributed by atoms with Gasteiger partial charge in [0.2, 0.25) is 11.0 Å². The molecule has 1 N–H and O–H groups in total. The van der Waals surface area contributed by atoms with Crippen molar-refractivity contribution in [1.82, 2.24) is 20.0 Å². The second-order valence-corrected chi connectivity index (χ2v) is 7.30. The summed E-state index contributed by atoms with van der Waals surface area (Å²) in [6, 6.07) is 1.67. The molecule has 1 aliphatic heterocycles. The maximum Gasteiger partial charge on any atom is 0.257 e. The van der Waals surface area contributed by atoms with Gasteiger partial charge in [0, 0.05) is 32.6 Å². The number of hydrogen-bond donors (Lipinski definition) is 1. The zero-order chi connectivity index (χ0) is 18.4. The van der Waals surface area contributed by atoms with Crippen LogP contribution >= 0.6 is 11.3 Å². The Balaban J connectivity index is 1.48. The molecule has 0 spiro atoms. The van der Waals surface area contributed by atoms with E-state index in [1.54, 1.807) is 6.07 Å². The lowest BCUT2D eigenvalue weighted by atomic mass is 10.3. The van der Waals surface area contributed by atoms with Crippen LogP contribution < -0.4 is 5.32 Å². The van der Waals surface area contributed by atoms with Crippen LogP contribution in [-0.2, 0) is 11.2 Å². The topological polar surface area (TPSA) is 91.6 Å². The lowest BCUT2D eigenvalue weighted by molar-refractivity contribution is -0.117. The summed E-state index contributed by atoms with van der Waals surface area (Å²) < 4.78 is 4.98. The second-order valence-electron chi connectivity index (χ2n) is 6.23. The summed E-state index contributed by atoms with van der Waals surface area (Å²) >= 11 is 1.42. The molecule has 8 nitrogen and oxygen atoms in total. The summed E-state index contributed by atoms with van der Waals surface area (Å²) in [6.07, 6.45) is 5.68. The van der Waals surface area contributed by atoms with Crippen LogP contribution in [0, 0.1) is 0 Å². The Hall–Kier alpha value is -2.26. The largest absolute Gasteiger partial charge is 0.472 e. The van der Waals surface area contributed by atoms with Crippen molar-refractivity contribution in [2.45, 2.75) is 26.2 Å². The molecular formula is C17H23N5O3S. The van der Waals surface area contributed by atoms with Crippen LogP contribution in [0.2, 0.25) is 0 Å². The van der Waals surface area contributed by atoms with E-state index >= 15 is 0 Å². The number of anilines is 1. The number of hydrogen-bond acceptors (Lipinski definition) is 7. The summed E-state index contributed by atoms with van der Waals surface area (Å²) in [4.78, 5) is 28.5. The van der Waals surface area contributed by atoms with Crippen molar-refractivity contribution in [3.63, 3.8) is 0 Å². The highest BCUT2D eigenvalue weighted by molar-refractivity contribution is 7.15. The first kappa shape index (κ1) is 18.5. The van der Waals surface area contributed by atoms with Gasteiger partial charge in [-0.25, -0.2) is 0 Å². The zero-order valence-electron chi connectivity index (χ0n) is 14.8. The third-order valence-electron chi connectivity index (χ3n) is 4.19. The normalized spacial score (nSPS) is 15.7. The molecular weight excluding hydrogens is 354 g/mol. The number of rotatable bonds is 6. The minimum Gasteiger partial charge on any atom is -0.472 e. The Kier molecular flexibility index (Phi) is 6.35. The highest BCUT2D eigenvalue weighted by Crippen LogP contribution is 2.16. The molecule has 0 bridgehead atoms. The quantitative estimate of drug-likeness (QED) is 0.826. The van der Waals surface area contributed by atoms with Crippen molar-refractivity contribution < 1.29 is 14.0 Å². The van der Waals surface area contributed by atoms with Gasteiger partial charge in [0.1, 0.15) is 11.3 Å². The number of furan rings is 1. The zero-order valence-corrected chi connectivity index (χ0v) is 15.6. The molecule has 3 rings (SSSR count). The number of carbonyl (C=O) groups excluding carboxylic acids is 2. The predicted octanol–water partition coefficient (Wildman–Crippen LogP) is 1.87. The van der Waals surface area contributed by atoms with Gasteiger partial charge in [-0.05, 0) is 18.9 Å². The van der Waals surface area contributed by atoms with E-state index in [1.807, 2.05) is 4.90 Å². The summed E-state index contributed by atoms with van der Waals surface area (Å²) in [5.41, 5.74) is 0.565. The Morgan fingerprint density at radius 1 is 1.27 bits per heavy atom. The second kappa shape index (κ2) is 8.91. The standard InChI is InChI=1S/C17H23N5O3S/c1-2-4-15-19-20-17(26-15)18-14(23)11-21-6-3-7-22(9-8-21)16(24)13-5-10-25-12-13/h5,10,12H,2-4,6-9,11H2,1H3,(H,18,20,23). The van der Waals surface area contributed by atoms with Crippen molar-refractivity contribution >= 4 is 28.3 Å². The smallest absolute Gasteiger partial charge is 0.257 e. The maximum absolute atomic E-state index is 12.4. The van der Waals surface area contributed by atoms with E-state index in [2.05, 4.69) is 27.3 Å². The van der Waals surface area contributed by atoms with Gasteiger partial charge in [0.15, 0.2) is 0 Å². The predicted molar refractivity (Wildman–Crippen MR) is 98.2 cm³/mol. The van der Waals surface area contributed by atoms with Crippen LogP contribution in [0.1, 0.15) is 35.1 Å². The summed E-state index contributed by atoms with van der Waals surface area (Å²) in [6.45, 7) is 5.08. The Labute approximate surface area is 156 Å². The Bertz CT molecular complexity index is 731. The third-order valence-corrected chi connectivity index (χ3v) is 5.09. The number of aryl methyl sites for hydroxylation is 1. The van der Waals surface area contributed by atoms with E-state index in [0.29, 0.717) is 30.3 Å². The van der Waals surface area contributed by atoms with Crippen molar-refractivity contribution in [1.29, 1.82) is 0 Å². The fourth-order valence-corrected chi connectivity index (χ4v) is 3.74. The van der Waals surface area contributed by atoms with Crippen LogP contribution in [0.3, 0.4) is 0 Å². The van der Waals surface area contributed by atoms with Crippen molar-refractivity contribution in [3.05, 3.63) is 29.2 Å². The van der Waals surface area contributed by atoms with Gasteiger partial charge >= 0.3 is 0 Å². The van der Waals surface area contributed by atoms with Crippen LogP contribution in [0.5, 0.6) is 0 Å². The Morgan fingerprint density at radius 3 is 2.92 bits per heavy atom. The van der Waals surface area contributed by atoms with Crippen LogP contribution in [0.25, 0.3) is 0 Å².